The van der Waals surface area contributed by atoms with Crippen molar-refractivity contribution in [1.29, 1.82) is 0 Å². The van der Waals surface area contributed by atoms with Crippen molar-refractivity contribution in [3.63, 3.8) is 0 Å². The SMILES string of the molecule is CC(C)n1nccc1-c1ccnc2[nH]ccc12. The lowest BCUT2D eigenvalue weighted by Gasteiger charge is -2.11. The van der Waals surface area contributed by atoms with Crippen molar-refractivity contribution in [2.45, 2.75) is 19.9 Å². The Balaban J connectivity index is 2.27. The Morgan fingerprint density at radius 3 is 2.88 bits per heavy atom. The minimum Gasteiger partial charge on any atom is -0.346 e. The average molecular weight is 226 g/mol. The number of hydrogen-bond acceptors (Lipinski definition) is 2. The highest BCUT2D eigenvalue weighted by atomic mass is 15.3. The Morgan fingerprint density at radius 2 is 2.06 bits per heavy atom. The molecule has 3 heterocycles. The van der Waals surface area contributed by atoms with E-state index in [0.29, 0.717) is 6.04 Å². The van der Waals surface area contributed by atoms with Crippen LogP contribution in [-0.2, 0) is 0 Å². The summed E-state index contributed by atoms with van der Waals surface area (Å²) in [5.41, 5.74) is 3.22. The van der Waals surface area contributed by atoms with Gasteiger partial charge in [0.15, 0.2) is 0 Å². The van der Waals surface area contributed by atoms with Crippen LogP contribution in [-0.4, -0.2) is 19.7 Å². The third-order valence-corrected chi connectivity index (χ3v) is 2.90. The van der Waals surface area contributed by atoms with Gasteiger partial charge < -0.3 is 4.98 Å². The van der Waals surface area contributed by atoms with Crippen LogP contribution >= 0.6 is 0 Å². The lowest BCUT2D eigenvalue weighted by molar-refractivity contribution is 0.539. The van der Waals surface area contributed by atoms with Gasteiger partial charge in [0, 0.05) is 35.6 Å². The van der Waals surface area contributed by atoms with Crippen molar-refractivity contribution < 1.29 is 0 Å². The third kappa shape index (κ3) is 1.53. The molecule has 0 saturated carbocycles. The fourth-order valence-corrected chi connectivity index (χ4v) is 2.12. The van der Waals surface area contributed by atoms with E-state index in [1.54, 1.807) is 0 Å². The number of rotatable bonds is 2. The van der Waals surface area contributed by atoms with Crippen LogP contribution in [0.4, 0.5) is 0 Å². The Hall–Kier alpha value is -2.10. The van der Waals surface area contributed by atoms with Crippen LogP contribution in [0.1, 0.15) is 19.9 Å². The molecule has 0 aliphatic heterocycles. The van der Waals surface area contributed by atoms with E-state index in [9.17, 15) is 0 Å². The van der Waals surface area contributed by atoms with Gasteiger partial charge in [-0.1, -0.05) is 0 Å². The largest absolute Gasteiger partial charge is 0.346 e. The molecular weight excluding hydrogens is 212 g/mol. The molecule has 0 spiro atoms. The molecule has 0 bridgehead atoms. The van der Waals surface area contributed by atoms with Crippen LogP contribution in [0.3, 0.4) is 0 Å². The van der Waals surface area contributed by atoms with Crippen LogP contribution in [0.2, 0.25) is 0 Å². The molecule has 4 heteroatoms. The second kappa shape index (κ2) is 3.73. The molecule has 0 saturated heterocycles. The van der Waals surface area contributed by atoms with Gasteiger partial charge in [-0.15, -0.1) is 0 Å². The minimum absolute atomic E-state index is 0.349. The number of nitrogens with zero attached hydrogens (tertiary/aromatic N) is 3. The van der Waals surface area contributed by atoms with Gasteiger partial charge in [-0.05, 0) is 32.0 Å². The molecule has 0 atom stereocenters. The second-order valence-electron chi connectivity index (χ2n) is 4.35. The van der Waals surface area contributed by atoms with Crippen LogP contribution in [0, 0.1) is 0 Å². The molecule has 0 aliphatic carbocycles. The summed E-state index contributed by atoms with van der Waals surface area (Å²) < 4.78 is 2.03. The predicted molar refractivity (Wildman–Crippen MR) is 67.7 cm³/mol. The molecule has 3 rings (SSSR count). The molecule has 86 valence electrons. The second-order valence-corrected chi connectivity index (χ2v) is 4.35. The smallest absolute Gasteiger partial charge is 0.137 e. The first-order chi connectivity index (χ1) is 8.27. The first kappa shape index (κ1) is 10.1. The molecule has 17 heavy (non-hydrogen) atoms. The van der Waals surface area contributed by atoms with Gasteiger partial charge in [0.2, 0.25) is 0 Å². The topological polar surface area (TPSA) is 46.5 Å². The molecule has 4 nitrogen and oxygen atoms in total. The number of fused-ring (bicyclic) bond motifs is 1. The monoisotopic (exact) mass is 226 g/mol. The summed E-state index contributed by atoms with van der Waals surface area (Å²) in [6.07, 6.45) is 5.58. The summed E-state index contributed by atoms with van der Waals surface area (Å²) >= 11 is 0. The van der Waals surface area contributed by atoms with Crippen LogP contribution in [0.5, 0.6) is 0 Å². The van der Waals surface area contributed by atoms with Gasteiger partial charge in [0.1, 0.15) is 5.65 Å². The predicted octanol–water partition coefficient (Wildman–Crippen LogP) is 3.01. The zero-order valence-corrected chi connectivity index (χ0v) is 9.88. The van der Waals surface area contributed by atoms with E-state index in [-0.39, 0.29) is 0 Å². The van der Waals surface area contributed by atoms with Crippen LogP contribution < -0.4 is 0 Å². The van der Waals surface area contributed by atoms with E-state index in [2.05, 4.69) is 35.0 Å². The number of aromatic amines is 1. The third-order valence-electron chi connectivity index (χ3n) is 2.90. The van der Waals surface area contributed by atoms with Crippen molar-refractivity contribution in [3.05, 3.63) is 36.8 Å². The summed E-state index contributed by atoms with van der Waals surface area (Å²) in [6, 6.07) is 6.48. The first-order valence-electron chi connectivity index (χ1n) is 5.73. The molecule has 0 unspecified atom stereocenters. The fraction of sp³-hybridized carbons (Fsp3) is 0.231. The zero-order valence-electron chi connectivity index (χ0n) is 9.88. The van der Waals surface area contributed by atoms with Crippen molar-refractivity contribution in [3.8, 4) is 11.3 Å². The van der Waals surface area contributed by atoms with E-state index in [0.717, 1.165) is 16.7 Å². The van der Waals surface area contributed by atoms with Crippen LogP contribution in [0.25, 0.3) is 22.3 Å². The Morgan fingerprint density at radius 1 is 1.18 bits per heavy atom. The lowest BCUT2D eigenvalue weighted by Crippen LogP contribution is -2.04. The van der Waals surface area contributed by atoms with Gasteiger partial charge in [-0.3, -0.25) is 4.68 Å². The molecule has 0 amide bonds. The number of aromatic nitrogens is 4. The highest BCUT2D eigenvalue weighted by Gasteiger charge is 2.11. The summed E-state index contributed by atoms with van der Waals surface area (Å²) in [5.74, 6) is 0. The van der Waals surface area contributed by atoms with Crippen molar-refractivity contribution in [2.75, 3.05) is 0 Å². The Kier molecular flexibility index (Phi) is 2.21. The van der Waals surface area contributed by atoms with Gasteiger partial charge in [-0.2, -0.15) is 5.10 Å². The molecule has 3 aromatic heterocycles. The number of nitrogens with one attached hydrogen (secondary N) is 1. The highest BCUT2D eigenvalue weighted by Crippen LogP contribution is 2.28. The molecular formula is C13H14N4. The standard InChI is InChI=1S/C13H14N4/c1-9(2)17-12(5-8-16-17)10-3-6-14-13-11(10)4-7-15-13/h3-9H,1-2H3,(H,14,15). The van der Waals surface area contributed by atoms with E-state index in [1.807, 2.05) is 35.4 Å². The fourth-order valence-electron chi connectivity index (χ4n) is 2.12. The summed E-state index contributed by atoms with van der Waals surface area (Å²) in [5, 5.41) is 5.50. The Bertz CT molecular complexity index is 648. The molecule has 1 N–H and O–H groups in total. The van der Waals surface area contributed by atoms with Gasteiger partial charge in [-0.25, -0.2) is 4.98 Å². The summed E-state index contributed by atoms with van der Waals surface area (Å²) in [7, 11) is 0. The zero-order chi connectivity index (χ0) is 11.8. The van der Waals surface area contributed by atoms with Gasteiger partial charge >= 0.3 is 0 Å². The minimum atomic E-state index is 0.349. The van der Waals surface area contributed by atoms with E-state index >= 15 is 0 Å². The maximum Gasteiger partial charge on any atom is 0.137 e. The summed E-state index contributed by atoms with van der Waals surface area (Å²) in [4.78, 5) is 7.43. The lowest BCUT2D eigenvalue weighted by atomic mass is 10.1. The van der Waals surface area contributed by atoms with Gasteiger partial charge in [0.05, 0.1) is 5.69 Å². The molecule has 3 aromatic rings. The highest BCUT2D eigenvalue weighted by molar-refractivity contribution is 5.91. The maximum absolute atomic E-state index is 4.37. The maximum atomic E-state index is 4.37. The first-order valence-corrected chi connectivity index (χ1v) is 5.73. The number of hydrogen-bond donors (Lipinski definition) is 1. The van der Waals surface area contributed by atoms with E-state index in [1.165, 1.54) is 5.56 Å². The van der Waals surface area contributed by atoms with Crippen molar-refractivity contribution in [1.82, 2.24) is 19.7 Å². The Labute approximate surface area is 99.3 Å². The van der Waals surface area contributed by atoms with Gasteiger partial charge in [0.25, 0.3) is 0 Å². The molecule has 0 aliphatic rings. The average Bonchev–Trinajstić information content (AvgIpc) is 2.97. The van der Waals surface area contributed by atoms with Crippen molar-refractivity contribution >= 4 is 11.0 Å². The summed E-state index contributed by atoms with van der Waals surface area (Å²) in [6.45, 7) is 4.26. The van der Waals surface area contributed by atoms with Crippen molar-refractivity contribution in [2.24, 2.45) is 0 Å². The molecule has 0 radical (unpaired) electrons. The quantitative estimate of drug-likeness (QED) is 0.730. The normalized spacial score (nSPS) is 11.5. The number of H-pyrrole nitrogens is 1. The van der Waals surface area contributed by atoms with Crippen LogP contribution in [0.15, 0.2) is 36.8 Å². The van der Waals surface area contributed by atoms with E-state index in [4.69, 9.17) is 0 Å². The van der Waals surface area contributed by atoms with E-state index < -0.39 is 0 Å². The number of pyridine rings is 1. The molecule has 0 aromatic carbocycles. The molecule has 0 fully saturated rings.